The molecule has 1 aliphatic heterocycles. The molecular formula is C14H21N5O. The van der Waals surface area contributed by atoms with Gasteiger partial charge in [0.25, 0.3) is 5.91 Å². The number of H-pyrrole nitrogens is 1. The van der Waals surface area contributed by atoms with E-state index in [1.165, 1.54) is 0 Å². The van der Waals surface area contributed by atoms with Crippen molar-refractivity contribution in [3.63, 3.8) is 0 Å². The number of aromatic nitrogens is 2. The van der Waals surface area contributed by atoms with E-state index in [9.17, 15) is 4.79 Å². The Morgan fingerprint density at radius 1 is 1.45 bits per heavy atom. The van der Waals surface area contributed by atoms with E-state index in [2.05, 4.69) is 27.9 Å². The molecule has 0 aromatic carbocycles. The van der Waals surface area contributed by atoms with E-state index in [1.54, 1.807) is 4.90 Å². The largest absolute Gasteiger partial charge is 0.395 e. The number of hydrogen-bond donors (Lipinski definition) is 2. The molecule has 1 saturated heterocycles. The number of aryl methyl sites for hydroxylation is 1. The third kappa shape index (κ3) is 2.94. The molecule has 0 bridgehead atoms. The number of amides is 1. The van der Waals surface area contributed by atoms with Crippen LogP contribution in [0.5, 0.6) is 0 Å². The van der Waals surface area contributed by atoms with Crippen molar-refractivity contribution in [1.29, 1.82) is 0 Å². The number of piperazine rings is 1. The van der Waals surface area contributed by atoms with Crippen molar-refractivity contribution in [1.82, 2.24) is 20.0 Å². The highest BCUT2D eigenvalue weighted by molar-refractivity contribution is 5.97. The van der Waals surface area contributed by atoms with Crippen molar-refractivity contribution >= 4 is 11.6 Å². The molecule has 6 nitrogen and oxygen atoms in total. The lowest BCUT2D eigenvalue weighted by molar-refractivity contribution is 0.0647. The average molecular weight is 275 g/mol. The summed E-state index contributed by atoms with van der Waals surface area (Å²) in [4.78, 5) is 16.3. The lowest BCUT2D eigenvalue weighted by Gasteiger charge is -2.33. The number of carbonyl (C=O) groups excluding carboxylic acids is 1. The van der Waals surface area contributed by atoms with Gasteiger partial charge in [-0.05, 0) is 6.42 Å². The summed E-state index contributed by atoms with van der Waals surface area (Å²) in [6.07, 6.45) is 7.06. The van der Waals surface area contributed by atoms with Crippen molar-refractivity contribution in [3.05, 3.63) is 11.4 Å². The average Bonchev–Trinajstić information content (AvgIpc) is 2.81. The van der Waals surface area contributed by atoms with Gasteiger partial charge in [0.15, 0.2) is 5.69 Å². The molecule has 0 aliphatic carbocycles. The van der Waals surface area contributed by atoms with Crippen LogP contribution in [0.15, 0.2) is 0 Å². The van der Waals surface area contributed by atoms with Crippen molar-refractivity contribution < 1.29 is 4.79 Å². The predicted molar refractivity (Wildman–Crippen MR) is 78.2 cm³/mol. The first kappa shape index (κ1) is 14.4. The van der Waals surface area contributed by atoms with Crippen molar-refractivity contribution in [2.45, 2.75) is 19.8 Å². The maximum atomic E-state index is 12.4. The Labute approximate surface area is 119 Å². The summed E-state index contributed by atoms with van der Waals surface area (Å²) in [6.45, 7) is 5.61. The Morgan fingerprint density at radius 3 is 2.75 bits per heavy atom. The van der Waals surface area contributed by atoms with E-state index in [1.807, 2.05) is 0 Å². The van der Waals surface area contributed by atoms with Crippen LogP contribution in [0.1, 0.15) is 29.5 Å². The molecule has 1 amide bonds. The number of carbonyl (C=O) groups is 1. The fourth-order valence-corrected chi connectivity index (χ4v) is 2.38. The number of hydrogen-bond acceptors (Lipinski definition) is 4. The summed E-state index contributed by atoms with van der Waals surface area (Å²) < 4.78 is 0. The number of nitrogens with two attached hydrogens (primary N) is 1. The molecule has 20 heavy (non-hydrogen) atoms. The highest BCUT2D eigenvalue weighted by atomic mass is 16.2. The van der Waals surface area contributed by atoms with Crippen LogP contribution in [0.4, 0.5) is 5.69 Å². The molecule has 108 valence electrons. The van der Waals surface area contributed by atoms with Gasteiger partial charge in [0.2, 0.25) is 0 Å². The normalized spacial score (nSPS) is 16.1. The van der Waals surface area contributed by atoms with Gasteiger partial charge in [-0.15, -0.1) is 6.42 Å². The quantitative estimate of drug-likeness (QED) is 0.777. The number of rotatable bonds is 4. The maximum Gasteiger partial charge on any atom is 0.276 e. The molecule has 0 atom stereocenters. The zero-order chi connectivity index (χ0) is 14.5. The first-order valence-electron chi connectivity index (χ1n) is 6.95. The van der Waals surface area contributed by atoms with Crippen LogP contribution in [-0.4, -0.2) is 58.6 Å². The topological polar surface area (TPSA) is 78.2 Å². The standard InChI is InChI=1S/C14H21N5O/c1-3-5-11-12(15)13(17-16-11)14(20)19-9-7-18(6-4-2)8-10-19/h2H,3,5-10,15H2,1H3,(H,16,17). The van der Waals surface area contributed by atoms with Crippen LogP contribution in [0.3, 0.4) is 0 Å². The molecule has 1 fully saturated rings. The van der Waals surface area contributed by atoms with Crippen LogP contribution in [-0.2, 0) is 6.42 Å². The molecule has 0 saturated carbocycles. The van der Waals surface area contributed by atoms with Crippen LogP contribution in [0.25, 0.3) is 0 Å². The zero-order valence-corrected chi connectivity index (χ0v) is 11.9. The van der Waals surface area contributed by atoms with E-state index >= 15 is 0 Å². The fourth-order valence-electron chi connectivity index (χ4n) is 2.38. The highest BCUT2D eigenvalue weighted by Gasteiger charge is 2.25. The summed E-state index contributed by atoms with van der Waals surface area (Å²) in [5.74, 6) is 2.53. The molecule has 2 heterocycles. The van der Waals surface area contributed by atoms with E-state index in [0.717, 1.165) is 31.6 Å². The van der Waals surface area contributed by atoms with Gasteiger partial charge in [-0.1, -0.05) is 19.3 Å². The van der Waals surface area contributed by atoms with Crippen LogP contribution >= 0.6 is 0 Å². The van der Waals surface area contributed by atoms with Gasteiger partial charge in [-0.25, -0.2) is 0 Å². The maximum absolute atomic E-state index is 12.4. The van der Waals surface area contributed by atoms with E-state index < -0.39 is 0 Å². The third-order valence-corrected chi connectivity index (χ3v) is 3.56. The molecule has 0 spiro atoms. The minimum atomic E-state index is -0.0959. The third-order valence-electron chi connectivity index (χ3n) is 3.56. The smallest absolute Gasteiger partial charge is 0.276 e. The highest BCUT2D eigenvalue weighted by Crippen LogP contribution is 2.18. The monoisotopic (exact) mass is 275 g/mol. The van der Waals surface area contributed by atoms with Gasteiger partial charge in [0, 0.05) is 26.2 Å². The second-order valence-corrected chi connectivity index (χ2v) is 4.99. The predicted octanol–water partition coefficient (Wildman–Crippen LogP) is 0.335. The number of terminal acetylenes is 1. The summed E-state index contributed by atoms with van der Waals surface area (Å²) in [5.41, 5.74) is 7.68. The lowest BCUT2D eigenvalue weighted by Crippen LogP contribution is -2.48. The second kappa shape index (κ2) is 6.44. The van der Waals surface area contributed by atoms with Gasteiger partial charge < -0.3 is 10.6 Å². The number of nitrogens with zero attached hydrogens (tertiary/aromatic N) is 3. The van der Waals surface area contributed by atoms with Crippen molar-refractivity contribution in [3.8, 4) is 12.3 Å². The number of nitrogens with one attached hydrogen (secondary N) is 1. The number of nitrogen functional groups attached to an aromatic ring is 1. The second-order valence-electron chi connectivity index (χ2n) is 4.99. The van der Waals surface area contributed by atoms with Crippen molar-refractivity contribution in [2.75, 3.05) is 38.5 Å². The van der Waals surface area contributed by atoms with Gasteiger partial charge in [0.1, 0.15) is 0 Å². The zero-order valence-electron chi connectivity index (χ0n) is 11.9. The molecule has 0 unspecified atom stereocenters. The summed E-state index contributed by atoms with van der Waals surface area (Å²) in [5, 5.41) is 6.94. The molecular weight excluding hydrogens is 254 g/mol. The summed E-state index contributed by atoms with van der Waals surface area (Å²) >= 11 is 0. The van der Waals surface area contributed by atoms with E-state index in [0.29, 0.717) is 31.0 Å². The fraction of sp³-hybridized carbons (Fsp3) is 0.571. The molecule has 1 aromatic rings. The van der Waals surface area contributed by atoms with E-state index in [4.69, 9.17) is 12.2 Å². The molecule has 1 aromatic heterocycles. The number of anilines is 1. The van der Waals surface area contributed by atoms with Crippen LogP contribution < -0.4 is 5.73 Å². The summed E-state index contributed by atoms with van der Waals surface area (Å²) in [6, 6.07) is 0. The Kier molecular flexibility index (Phi) is 4.64. The SMILES string of the molecule is C#CCN1CCN(C(=O)c2n[nH]c(CCC)c2N)CC1. The molecule has 1 aliphatic rings. The Morgan fingerprint density at radius 2 is 2.15 bits per heavy atom. The van der Waals surface area contributed by atoms with E-state index in [-0.39, 0.29) is 5.91 Å². The molecule has 0 radical (unpaired) electrons. The minimum absolute atomic E-state index is 0.0959. The van der Waals surface area contributed by atoms with Gasteiger partial charge in [-0.2, -0.15) is 5.10 Å². The summed E-state index contributed by atoms with van der Waals surface area (Å²) in [7, 11) is 0. The first-order chi connectivity index (χ1) is 9.67. The lowest BCUT2D eigenvalue weighted by atomic mass is 10.2. The van der Waals surface area contributed by atoms with Crippen LogP contribution in [0, 0.1) is 12.3 Å². The Balaban J connectivity index is 2.00. The van der Waals surface area contributed by atoms with Crippen molar-refractivity contribution in [2.24, 2.45) is 0 Å². The van der Waals surface area contributed by atoms with Gasteiger partial charge in [0.05, 0.1) is 17.9 Å². The van der Waals surface area contributed by atoms with Crippen LogP contribution in [0.2, 0.25) is 0 Å². The minimum Gasteiger partial charge on any atom is -0.395 e. The Bertz CT molecular complexity index is 508. The van der Waals surface area contributed by atoms with Gasteiger partial charge >= 0.3 is 0 Å². The molecule has 3 N–H and O–H groups in total. The Hall–Kier alpha value is -2.00. The molecule has 6 heteroatoms. The number of aromatic amines is 1. The first-order valence-corrected chi connectivity index (χ1v) is 6.95. The molecule has 2 rings (SSSR count). The van der Waals surface area contributed by atoms with Gasteiger partial charge in [-0.3, -0.25) is 14.8 Å².